The number of anilines is 2. The van der Waals surface area contributed by atoms with E-state index >= 15 is 0 Å². The van der Waals surface area contributed by atoms with Gasteiger partial charge in [0.2, 0.25) is 5.91 Å². The van der Waals surface area contributed by atoms with Crippen LogP contribution in [0.2, 0.25) is 0 Å². The van der Waals surface area contributed by atoms with Crippen molar-refractivity contribution in [2.75, 3.05) is 10.6 Å². The number of hydrogen-bond acceptors (Lipinski definition) is 4. The maximum Gasteiger partial charge on any atom is 0.255 e. The monoisotopic (exact) mass is 381 g/mol. The maximum absolute atomic E-state index is 12.4. The number of aromatic carboxylic acids is 1. The zero-order valence-corrected chi connectivity index (χ0v) is 16.2. The van der Waals surface area contributed by atoms with Crippen LogP contribution < -0.4 is 15.7 Å². The van der Waals surface area contributed by atoms with Crippen molar-refractivity contribution in [3.63, 3.8) is 0 Å². The molecule has 148 valence electrons. The number of amides is 2. The van der Waals surface area contributed by atoms with Crippen LogP contribution in [-0.4, -0.2) is 17.8 Å². The number of rotatable bonds is 9. The highest BCUT2D eigenvalue weighted by Gasteiger charge is 2.17. The van der Waals surface area contributed by atoms with Crippen LogP contribution in [0.3, 0.4) is 0 Å². The van der Waals surface area contributed by atoms with E-state index in [0.717, 1.165) is 25.7 Å². The van der Waals surface area contributed by atoms with Crippen molar-refractivity contribution in [1.82, 2.24) is 0 Å². The van der Waals surface area contributed by atoms with Crippen molar-refractivity contribution >= 4 is 29.2 Å². The van der Waals surface area contributed by atoms with E-state index in [4.69, 9.17) is 0 Å². The Bertz CT molecular complexity index is 825. The summed E-state index contributed by atoms with van der Waals surface area (Å²) in [6.07, 6.45) is 3.59. The third-order valence-corrected chi connectivity index (χ3v) is 4.45. The summed E-state index contributed by atoms with van der Waals surface area (Å²) in [6, 6.07) is 12.5. The average Bonchev–Trinajstić information content (AvgIpc) is 2.68. The first-order valence-corrected chi connectivity index (χ1v) is 9.48. The molecule has 0 aliphatic carbocycles. The van der Waals surface area contributed by atoms with Gasteiger partial charge < -0.3 is 20.5 Å². The standard InChI is InChI=1S/C22H26N2O4/c1-3-7-15(8-4-2)20(25)23-17-13-11-16(12-14-17)21(26)24-19-10-6-5-9-18(19)22(27)28/h5-6,9-15H,3-4,7-8H2,1-2H3,(H,23,25)(H,24,26)(H,27,28)/p-1. The molecule has 0 spiro atoms. The molecule has 0 aromatic heterocycles. The smallest absolute Gasteiger partial charge is 0.255 e. The Hall–Kier alpha value is -3.15. The summed E-state index contributed by atoms with van der Waals surface area (Å²) in [6.45, 7) is 4.11. The first-order valence-electron chi connectivity index (χ1n) is 9.48. The number of benzene rings is 2. The van der Waals surface area contributed by atoms with Crippen molar-refractivity contribution in [1.29, 1.82) is 0 Å². The molecule has 2 aromatic rings. The van der Waals surface area contributed by atoms with E-state index in [2.05, 4.69) is 24.5 Å². The molecule has 0 radical (unpaired) electrons. The molecule has 0 fully saturated rings. The fourth-order valence-electron chi connectivity index (χ4n) is 3.02. The Labute approximate surface area is 165 Å². The highest BCUT2D eigenvalue weighted by atomic mass is 16.4. The Kier molecular flexibility index (Phi) is 7.75. The van der Waals surface area contributed by atoms with Gasteiger partial charge in [-0.3, -0.25) is 9.59 Å². The van der Waals surface area contributed by atoms with Gasteiger partial charge in [-0.05, 0) is 43.2 Å². The van der Waals surface area contributed by atoms with Crippen molar-refractivity contribution in [3.05, 3.63) is 59.7 Å². The number of para-hydroxylation sites is 1. The molecule has 0 saturated heterocycles. The number of nitrogens with one attached hydrogen (secondary N) is 2. The van der Waals surface area contributed by atoms with Gasteiger partial charge in [0.15, 0.2) is 0 Å². The van der Waals surface area contributed by atoms with Crippen molar-refractivity contribution in [3.8, 4) is 0 Å². The molecular formula is C22H25N2O4-. The van der Waals surface area contributed by atoms with Crippen molar-refractivity contribution < 1.29 is 19.5 Å². The molecule has 28 heavy (non-hydrogen) atoms. The van der Waals surface area contributed by atoms with E-state index in [-0.39, 0.29) is 23.1 Å². The summed E-state index contributed by atoms with van der Waals surface area (Å²) in [4.78, 5) is 35.9. The largest absolute Gasteiger partial charge is 0.545 e. The zero-order chi connectivity index (χ0) is 20.5. The van der Waals surface area contributed by atoms with Gasteiger partial charge in [-0.25, -0.2) is 0 Å². The normalized spacial score (nSPS) is 10.5. The molecule has 2 N–H and O–H groups in total. The molecule has 2 amide bonds. The lowest BCUT2D eigenvalue weighted by atomic mass is 9.97. The van der Waals surface area contributed by atoms with Crippen LogP contribution >= 0.6 is 0 Å². The molecule has 0 aliphatic heterocycles. The summed E-state index contributed by atoms with van der Waals surface area (Å²) in [7, 11) is 0. The van der Waals surface area contributed by atoms with Gasteiger partial charge in [-0.1, -0.05) is 44.9 Å². The minimum Gasteiger partial charge on any atom is -0.545 e. The van der Waals surface area contributed by atoms with Crippen LogP contribution in [0, 0.1) is 5.92 Å². The lowest BCUT2D eigenvalue weighted by molar-refractivity contribution is -0.254. The number of hydrogen-bond donors (Lipinski definition) is 2. The van der Waals surface area contributed by atoms with Crippen LogP contribution in [0.5, 0.6) is 0 Å². The topological polar surface area (TPSA) is 98.3 Å². The third kappa shape index (κ3) is 5.67. The fourth-order valence-corrected chi connectivity index (χ4v) is 3.02. The minimum absolute atomic E-state index is 0.0104. The summed E-state index contributed by atoms with van der Waals surface area (Å²) < 4.78 is 0. The van der Waals surface area contributed by atoms with Gasteiger partial charge >= 0.3 is 0 Å². The van der Waals surface area contributed by atoms with Crippen LogP contribution in [0.4, 0.5) is 11.4 Å². The van der Waals surface area contributed by atoms with E-state index in [1.165, 1.54) is 12.1 Å². The Morgan fingerprint density at radius 1 is 0.893 bits per heavy atom. The Balaban J connectivity index is 2.05. The third-order valence-electron chi connectivity index (χ3n) is 4.45. The molecule has 0 aliphatic rings. The van der Waals surface area contributed by atoms with Crippen LogP contribution in [0.15, 0.2) is 48.5 Å². The highest BCUT2D eigenvalue weighted by Crippen LogP contribution is 2.19. The van der Waals surface area contributed by atoms with Gasteiger partial charge in [0, 0.05) is 22.7 Å². The van der Waals surface area contributed by atoms with Gasteiger partial charge in [0.25, 0.3) is 5.91 Å². The number of carboxylic acid groups (broad SMARTS) is 1. The summed E-state index contributed by atoms with van der Waals surface area (Å²) in [5.74, 6) is -1.83. The molecule has 0 unspecified atom stereocenters. The number of carbonyl (C=O) groups excluding carboxylic acids is 3. The van der Waals surface area contributed by atoms with E-state index in [1.807, 2.05) is 0 Å². The maximum atomic E-state index is 12.4. The van der Waals surface area contributed by atoms with Crippen LogP contribution in [0.25, 0.3) is 0 Å². The summed E-state index contributed by atoms with van der Waals surface area (Å²) >= 11 is 0. The second-order valence-corrected chi connectivity index (χ2v) is 6.63. The first kappa shape index (κ1) is 21.2. The zero-order valence-electron chi connectivity index (χ0n) is 16.2. The summed E-state index contributed by atoms with van der Waals surface area (Å²) in [5, 5.41) is 16.6. The second kappa shape index (κ2) is 10.3. The highest BCUT2D eigenvalue weighted by molar-refractivity contribution is 6.07. The minimum atomic E-state index is -1.36. The quantitative estimate of drug-likeness (QED) is 0.695. The number of carboxylic acids is 1. The van der Waals surface area contributed by atoms with Gasteiger partial charge in [-0.2, -0.15) is 0 Å². The molecule has 0 atom stereocenters. The van der Waals surface area contributed by atoms with Gasteiger partial charge in [0.1, 0.15) is 0 Å². The van der Waals surface area contributed by atoms with E-state index in [0.29, 0.717) is 11.3 Å². The molecule has 6 heteroatoms. The predicted molar refractivity (Wildman–Crippen MR) is 107 cm³/mol. The summed E-state index contributed by atoms with van der Waals surface area (Å²) in [5.41, 5.74) is 1.06. The molecule has 2 rings (SSSR count). The lowest BCUT2D eigenvalue weighted by Crippen LogP contribution is -2.25. The van der Waals surface area contributed by atoms with Gasteiger partial charge in [-0.15, -0.1) is 0 Å². The van der Waals surface area contributed by atoms with Gasteiger partial charge in [0.05, 0.1) is 11.7 Å². The van der Waals surface area contributed by atoms with Crippen LogP contribution in [-0.2, 0) is 4.79 Å². The number of carbonyl (C=O) groups is 3. The van der Waals surface area contributed by atoms with E-state index < -0.39 is 11.9 Å². The predicted octanol–water partition coefficient (Wildman–Crippen LogP) is 3.46. The first-order chi connectivity index (χ1) is 13.5. The molecule has 6 nitrogen and oxygen atoms in total. The lowest BCUT2D eigenvalue weighted by Gasteiger charge is -2.15. The van der Waals surface area contributed by atoms with Crippen molar-refractivity contribution in [2.24, 2.45) is 5.92 Å². The SMILES string of the molecule is CCCC(CCC)C(=O)Nc1ccc(C(=O)Nc2ccccc2C(=O)[O-])cc1. The Morgan fingerprint density at radius 3 is 2.07 bits per heavy atom. The average molecular weight is 381 g/mol. The van der Waals surface area contributed by atoms with Crippen molar-refractivity contribution in [2.45, 2.75) is 39.5 Å². The second-order valence-electron chi connectivity index (χ2n) is 6.63. The molecule has 0 heterocycles. The Morgan fingerprint density at radius 2 is 1.50 bits per heavy atom. The molecule has 0 bridgehead atoms. The van der Waals surface area contributed by atoms with E-state index in [9.17, 15) is 19.5 Å². The van der Waals surface area contributed by atoms with Crippen LogP contribution in [0.1, 0.15) is 60.2 Å². The van der Waals surface area contributed by atoms with E-state index in [1.54, 1.807) is 36.4 Å². The fraction of sp³-hybridized carbons (Fsp3) is 0.318. The molecule has 0 saturated carbocycles. The molecular weight excluding hydrogens is 356 g/mol. The molecule has 2 aromatic carbocycles.